The third-order valence-corrected chi connectivity index (χ3v) is 6.65. The number of nitrogens with zero attached hydrogens (tertiary/aromatic N) is 2. The zero-order valence-electron chi connectivity index (χ0n) is 17.0. The van der Waals surface area contributed by atoms with Crippen molar-refractivity contribution in [1.82, 2.24) is 15.1 Å². The van der Waals surface area contributed by atoms with E-state index in [1.165, 1.54) is 18.2 Å². The Labute approximate surface area is 171 Å². The van der Waals surface area contributed by atoms with E-state index in [-0.39, 0.29) is 29.6 Å². The van der Waals surface area contributed by atoms with Crippen molar-refractivity contribution in [3.05, 3.63) is 42.0 Å². The molecule has 0 radical (unpaired) electrons. The van der Waals surface area contributed by atoms with Crippen LogP contribution in [0.25, 0.3) is 5.57 Å². The van der Waals surface area contributed by atoms with E-state index in [0.717, 1.165) is 25.7 Å². The first-order valence-electron chi connectivity index (χ1n) is 10.5. The monoisotopic (exact) mass is 395 g/mol. The summed E-state index contributed by atoms with van der Waals surface area (Å²) in [5.41, 5.74) is 2.66. The number of benzene rings is 1. The molecule has 2 fully saturated rings. The summed E-state index contributed by atoms with van der Waals surface area (Å²) in [6, 6.07) is 9.81. The number of amides is 3. The van der Waals surface area contributed by atoms with Crippen LogP contribution in [-0.4, -0.2) is 60.2 Å². The van der Waals surface area contributed by atoms with Gasteiger partial charge in [-0.05, 0) is 48.7 Å². The number of nitrogens with one attached hydrogen (secondary N) is 1. The van der Waals surface area contributed by atoms with Gasteiger partial charge >= 0.3 is 0 Å². The summed E-state index contributed by atoms with van der Waals surface area (Å²) in [4.78, 5) is 41.4. The number of piperidine rings is 1. The summed E-state index contributed by atoms with van der Waals surface area (Å²) in [6.07, 6.45) is 6.68. The van der Waals surface area contributed by atoms with Gasteiger partial charge in [-0.1, -0.05) is 36.4 Å². The standard InChI is InChI=1S/C23H29N3O3/c1-24-20(27)15-21(28)26-16-23(11-12-23)10-7-19(26)22(29)25-13-8-18(9-14-25)17-5-3-2-4-6-17/h2-6,8,19H,7,9-16H2,1H3,(H,24,27)/t19-/m0/s1. The van der Waals surface area contributed by atoms with Gasteiger partial charge in [0.1, 0.15) is 12.5 Å². The summed E-state index contributed by atoms with van der Waals surface area (Å²) >= 11 is 0. The van der Waals surface area contributed by atoms with Gasteiger partial charge in [0.2, 0.25) is 17.7 Å². The van der Waals surface area contributed by atoms with E-state index in [4.69, 9.17) is 0 Å². The molecule has 0 aromatic heterocycles. The third-order valence-electron chi connectivity index (χ3n) is 6.65. The van der Waals surface area contributed by atoms with Gasteiger partial charge in [-0.15, -0.1) is 0 Å². The molecular formula is C23H29N3O3. The van der Waals surface area contributed by atoms with Gasteiger partial charge in [-0.2, -0.15) is 0 Å². The molecule has 0 bridgehead atoms. The van der Waals surface area contributed by atoms with Crippen molar-refractivity contribution < 1.29 is 14.4 Å². The Morgan fingerprint density at radius 2 is 1.90 bits per heavy atom. The summed E-state index contributed by atoms with van der Waals surface area (Å²) < 4.78 is 0. The fourth-order valence-electron chi connectivity index (χ4n) is 4.57. The normalized spacial score (nSPS) is 22.8. The average Bonchev–Trinajstić information content (AvgIpc) is 3.52. The Kier molecular flexibility index (Phi) is 5.43. The molecule has 1 saturated heterocycles. The topological polar surface area (TPSA) is 69.7 Å². The van der Waals surface area contributed by atoms with Crippen LogP contribution in [0.1, 0.15) is 44.1 Å². The van der Waals surface area contributed by atoms with E-state index in [0.29, 0.717) is 26.1 Å². The zero-order chi connectivity index (χ0) is 20.4. The van der Waals surface area contributed by atoms with Crippen LogP contribution in [0.4, 0.5) is 0 Å². The predicted octanol–water partition coefficient (Wildman–Crippen LogP) is 2.21. The third kappa shape index (κ3) is 4.21. The molecule has 1 saturated carbocycles. The van der Waals surface area contributed by atoms with Gasteiger partial charge in [-0.25, -0.2) is 0 Å². The van der Waals surface area contributed by atoms with E-state index in [2.05, 4.69) is 23.5 Å². The quantitative estimate of drug-likeness (QED) is 0.795. The SMILES string of the molecule is CNC(=O)CC(=O)N1CC2(CC[C@H]1C(=O)N1CC=C(c3ccccc3)CC1)CC2. The summed E-state index contributed by atoms with van der Waals surface area (Å²) in [7, 11) is 1.53. The molecule has 1 spiro atoms. The van der Waals surface area contributed by atoms with Crippen LogP contribution in [0.15, 0.2) is 36.4 Å². The molecule has 6 nitrogen and oxygen atoms in total. The Balaban J connectivity index is 1.45. The number of hydrogen-bond acceptors (Lipinski definition) is 3. The molecule has 1 aromatic rings. The minimum absolute atomic E-state index is 0.0223. The minimum Gasteiger partial charge on any atom is -0.359 e. The van der Waals surface area contributed by atoms with E-state index in [1.54, 1.807) is 4.90 Å². The van der Waals surface area contributed by atoms with E-state index in [9.17, 15) is 14.4 Å². The highest BCUT2D eigenvalue weighted by Gasteiger charge is 2.51. The van der Waals surface area contributed by atoms with Gasteiger partial charge in [0.15, 0.2) is 0 Å². The highest BCUT2D eigenvalue weighted by Crippen LogP contribution is 2.53. The number of likely N-dealkylation sites (tertiary alicyclic amines) is 1. The van der Waals surface area contributed by atoms with Crippen molar-refractivity contribution in [1.29, 1.82) is 0 Å². The van der Waals surface area contributed by atoms with Crippen molar-refractivity contribution in [2.75, 3.05) is 26.7 Å². The second-order valence-electron chi connectivity index (χ2n) is 8.56. The van der Waals surface area contributed by atoms with Crippen molar-refractivity contribution in [2.45, 2.75) is 44.6 Å². The lowest BCUT2D eigenvalue weighted by Gasteiger charge is -2.41. The fourth-order valence-corrected chi connectivity index (χ4v) is 4.57. The maximum absolute atomic E-state index is 13.3. The van der Waals surface area contributed by atoms with E-state index >= 15 is 0 Å². The van der Waals surface area contributed by atoms with Crippen LogP contribution in [0.3, 0.4) is 0 Å². The average molecular weight is 396 g/mol. The molecule has 1 aromatic carbocycles. The molecule has 0 unspecified atom stereocenters. The van der Waals surface area contributed by atoms with Crippen molar-refractivity contribution in [3.63, 3.8) is 0 Å². The van der Waals surface area contributed by atoms with Crippen LogP contribution in [0.2, 0.25) is 0 Å². The number of carbonyl (C=O) groups is 3. The van der Waals surface area contributed by atoms with Crippen LogP contribution in [-0.2, 0) is 14.4 Å². The van der Waals surface area contributed by atoms with Crippen molar-refractivity contribution in [3.8, 4) is 0 Å². The summed E-state index contributed by atoms with van der Waals surface area (Å²) in [6.45, 7) is 1.85. The lowest BCUT2D eigenvalue weighted by molar-refractivity contribution is -0.150. The predicted molar refractivity (Wildman–Crippen MR) is 111 cm³/mol. The lowest BCUT2D eigenvalue weighted by Crippen LogP contribution is -2.56. The Bertz CT molecular complexity index is 829. The molecule has 3 aliphatic rings. The van der Waals surface area contributed by atoms with Crippen LogP contribution >= 0.6 is 0 Å². The molecule has 6 heteroatoms. The molecule has 154 valence electrons. The van der Waals surface area contributed by atoms with Crippen molar-refractivity contribution in [2.24, 2.45) is 5.41 Å². The largest absolute Gasteiger partial charge is 0.359 e. The van der Waals surface area contributed by atoms with Crippen molar-refractivity contribution >= 4 is 23.3 Å². The van der Waals surface area contributed by atoms with Crippen LogP contribution < -0.4 is 5.32 Å². The maximum Gasteiger partial charge on any atom is 0.245 e. The van der Waals surface area contributed by atoms with E-state index in [1.807, 2.05) is 23.1 Å². The molecule has 4 rings (SSSR count). The first-order valence-corrected chi connectivity index (χ1v) is 10.5. The second kappa shape index (κ2) is 8.01. The Morgan fingerprint density at radius 1 is 1.14 bits per heavy atom. The van der Waals surface area contributed by atoms with Gasteiger partial charge in [-0.3, -0.25) is 14.4 Å². The molecule has 3 amide bonds. The Morgan fingerprint density at radius 3 is 2.52 bits per heavy atom. The van der Waals surface area contributed by atoms with E-state index < -0.39 is 6.04 Å². The fraction of sp³-hybridized carbons (Fsp3) is 0.522. The van der Waals surface area contributed by atoms with Crippen LogP contribution in [0, 0.1) is 5.41 Å². The number of carbonyl (C=O) groups excluding carboxylic acids is 3. The first kappa shape index (κ1) is 19.7. The van der Waals surface area contributed by atoms with Crippen LogP contribution in [0.5, 0.6) is 0 Å². The maximum atomic E-state index is 13.3. The number of rotatable bonds is 4. The lowest BCUT2D eigenvalue weighted by atomic mass is 9.88. The molecule has 1 atom stereocenters. The zero-order valence-corrected chi connectivity index (χ0v) is 17.0. The molecule has 2 heterocycles. The highest BCUT2D eigenvalue weighted by atomic mass is 16.2. The molecule has 29 heavy (non-hydrogen) atoms. The smallest absolute Gasteiger partial charge is 0.245 e. The van der Waals surface area contributed by atoms with Gasteiger partial charge in [0.05, 0.1) is 0 Å². The molecule has 1 N–H and O–H groups in total. The first-order chi connectivity index (χ1) is 14.0. The second-order valence-corrected chi connectivity index (χ2v) is 8.56. The summed E-state index contributed by atoms with van der Waals surface area (Å²) in [5.74, 6) is -0.509. The molecule has 2 aliphatic heterocycles. The van der Waals surface area contributed by atoms with Gasteiger partial charge in [0.25, 0.3) is 0 Å². The summed E-state index contributed by atoms with van der Waals surface area (Å²) in [5, 5.41) is 2.51. The Hall–Kier alpha value is -2.63. The van der Waals surface area contributed by atoms with Gasteiger partial charge in [0, 0.05) is 26.7 Å². The number of hydrogen-bond donors (Lipinski definition) is 1. The highest BCUT2D eigenvalue weighted by molar-refractivity contribution is 5.99. The van der Waals surface area contributed by atoms with Gasteiger partial charge < -0.3 is 15.1 Å². The molecular weight excluding hydrogens is 366 g/mol. The molecule has 1 aliphatic carbocycles. The minimum atomic E-state index is -0.440.